The molecule has 1 aliphatic rings. The molecule has 0 aromatic heterocycles. The smallest absolute Gasteiger partial charge is 0.337 e. The first kappa shape index (κ1) is 13.4. The number of ether oxygens (including phenoxy) is 2. The standard InChI is InChI=1S/C11H14Cl2O3/c1-6-8(10(14)15-4)11(2,3)9(16-6)7(13)5-12/h5,9H,1-4H3/b7-5-. The quantitative estimate of drug-likeness (QED) is 0.719. The van der Waals surface area contributed by atoms with Crippen LogP contribution in [0.1, 0.15) is 20.8 Å². The van der Waals surface area contributed by atoms with Crippen LogP contribution in [0.2, 0.25) is 0 Å². The first-order valence-corrected chi connectivity index (χ1v) is 5.59. The lowest BCUT2D eigenvalue weighted by molar-refractivity contribution is -0.137. The molecule has 1 aliphatic heterocycles. The van der Waals surface area contributed by atoms with Crippen molar-refractivity contribution in [3.63, 3.8) is 0 Å². The minimum atomic E-state index is -0.556. The van der Waals surface area contributed by atoms with Gasteiger partial charge in [-0.05, 0) is 6.92 Å². The molecule has 0 radical (unpaired) electrons. The summed E-state index contributed by atoms with van der Waals surface area (Å²) >= 11 is 11.5. The van der Waals surface area contributed by atoms with Crippen LogP contribution in [0.25, 0.3) is 0 Å². The highest BCUT2D eigenvalue weighted by molar-refractivity contribution is 6.37. The van der Waals surface area contributed by atoms with Crippen LogP contribution >= 0.6 is 23.2 Å². The van der Waals surface area contributed by atoms with Crippen LogP contribution in [0.3, 0.4) is 0 Å². The van der Waals surface area contributed by atoms with Gasteiger partial charge in [0.05, 0.1) is 17.7 Å². The van der Waals surface area contributed by atoms with Crippen LogP contribution in [0.15, 0.2) is 21.9 Å². The zero-order chi connectivity index (χ0) is 12.5. The molecule has 3 nitrogen and oxygen atoms in total. The van der Waals surface area contributed by atoms with E-state index in [9.17, 15) is 4.79 Å². The molecule has 0 spiro atoms. The van der Waals surface area contributed by atoms with E-state index >= 15 is 0 Å². The lowest BCUT2D eigenvalue weighted by Gasteiger charge is -2.26. The van der Waals surface area contributed by atoms with Gasteiger partial charge in [-0.3, -0.25) is 0 Å². The molecule has 0 aromatic rings. The number of methoxy groups -OCH3 is 1. The molecule has 90 valence electrons. The number of carbonyl (C=O) groups is 1. The van der Waals surface area contributed by atoms with Crippen molar-refractivity contribution < 1.29 is 14.3 Å². The van der Waals surface area contributed by atoms with Gasteiger partial charge in [0.25, 0.3) is 0 Å². The lowest BCUT2D eigenvalue weighted by Crippen LogP contribution is -2.31. The van der Waals surface area contributed by atoms with Crippen molar-refractivity contribution in [2.45, 2.75) is 26.9 Å². The third kappa shape index (κ3) is 2.06. The molecule has 1 atom stereocenters. The number of carbonyl (C=O) groups excluding carboxylic acids is 1. The molecule has 16 heavy (non-hydrogen) atoms. The van der Waals surface area contributed by atoms with E-state index < -0.39 is 17.5 Å². The summed E-state index contributed by atoms with van der Waals surface area (Å²) in [5.41, 5.74) is 1.19. The second-order valence-electron chi connectivity index (χ2n) is 4.14. The fourth-order valence-corrected chi connectivity index (χ4v) is 2.37. The number of hydrogen-bond donors (Lipinski definition) is 0. The molecular weight excluding hydrogens is 251 g/mol. The summed E-state index contributed by atoms with van der Waals surface area (Å²) < 4.78 is 10.3. The molecule has 0 saturated heterocycles. The molecule has 5 heteroatoms. The third-order valence-corrected chi connectivity index (χ3v) is 3.34. The number of rotatable bonds is 2. The maximum atomic E-state index is 11.6. The summed E-state index contributed by atoms with van der Waals surface area (Å²) in [5.74, 6) is 0.127. The largest absolute Gasteiger partial charge is 0.488 e. The highest BCUT2D eigenvalue weighted by atomic mass is 35.5. The minimum Gasteiger partial charge on any atom is -0.488 e. The van der Waals surface area contributed by atoms with E-state index in [-0.39, 0.29) is 0 Å². The fraction of sp³-hybridized carbons (Fsp3) is 0.545. The predicted molar refractivity (Wildman–Crippen MR) is 63.2 cm³/mol. The topological polar surface area (TPSA) is 35.5 Å². The van der Waals surface area contributed by atoms with Gasteiger partial charge in [-0.25, -0.2) is 4.79 Å². The van der Waals surface area contributed by atoms with Crippen molar-refractivity contribution >= 4 is 29.2 Å². The molecule has 0 fully saturated rings. The van der Waals surface area contributed by atoms with Crippen molar-refractivity contribution in [1.29, 1.82) is 0 Å². The van der Waals surface area contributed by atoms with E-state index in [1.165, 1.54) is 12.6 Å². The summed E-state index contributed by atoms with van der Waals surface area (Å²) in [5, 5.41) is 0.366. The molecule has 0 aliphatic carbocycles. The third-order valence-electron chi connectivity index (χ3n) is 2.69. The Hall–Kier alpha value is -0.670. The van der Waals surface area contributed by atoms with E-state index in [1.54, 1.807) is 6.92 Å². The van der Waals surface area contributed by atoms with Gasteiger partial charge in [0.15, 0.2) is 0 Å². The molecule has 0 saturated carbocycles. The molecule has 0 N–H and O–H groups in total. The highest BCUT2D eigenvalue weighted by Crippen LogP contribution is 2.46. The van der Waals surface area contributed by atoms with Crippen LogP contribution in [-0.4, -0.2) is 19.2 Å². The van der Waals surface area contributed by atoms with Crippen LogP contribution in [0.5, 0.6) is 0 Å². The van der Waals surface area contributed by atoms with Gasteiger partial charge in [-0.15, -0.1) is 0 Å². The van der Waals surface area contributed by atoms with E-state index in [0.717, 1.165) is 0 Å². The maximum Gasteiger partial charge on any atom is 0.337 e. The second kappa shape index (κ2) is 4.68. The van der Waals surface area contributed by atoms with Crippen molar-refractivity contribution in [2.24, 2.45) is 5.41 Å². The van der Waals surface area contributed by atoms with Gasteiger partial charge >= 0.3 is 5.97 Å². The SMILES string of the molecule is COC(=O)C1=C(C)OC(/C(Cl)=C/Cl)C1(C)C. The van der Waals surface area contributed by atoms with Crippen LogP contribution in [0.4, 0.5) is 0 Å². The average molecular weight is 265 g/mol. The van der Waals surface area contributed by atoms with Crippen LogP contribution in [-0.2, 0) is 14.3 Å². The van der Waals surface area contributed by atoms with Crippen molar-refractivity contribution in [3.05, 3.63) is 21.9 Å². The molecule has 1 unspecified atom stereocenters. The normalized spacial score (nSPS) is 24.4. The Balaban J connectivity index is 3.13. The van der Waals surface area contributed by atoms with Gasteiger partial charge in [0.1, 0.15) is 11.9 Å². The molecule has 1 rings (SSSR count). The summed E-state index contributed by atoms with van der Waals surface area (Å²) in [6.45, 7) is 5.44. The Labute approximate surface area is 105 Å². The van der Waals surface area contributed by atoms with Gasteiger partial charge in [0.2, 0.25) is 0 Å². The Morgan fingerprint density at radius 1 is 1.56 bits per heavy atom. The van der Waals surface area contributed by atoms with Crippen LogP contribution in [0, 0.1) is 5.41 Å². The molecule has 0 amide bonds. The van der Waals surface area contributed by atoms with Gasteiger partial charge in [-0.2, -0.15) is 0 Å². The van der Waals surface area contributed by atoms with Gasteiger partial charge < -0.3 is 9.47 Å². The van der Waals surface area contributed by atoms with Crippen LogP contribution < -0.4 is 0 Å². The second-order valence-corrected chi connectivity index (χ2v) is 4.79. The zero-order valence-electron chi connectivity index (χ0n) is 9.64. The van der Waals surface area contributed by atoms with Crippen molar-refractivity contribution in [3.8, 4) is 0 Å². The monoisotopic (exact) mass is 264 g/mol. The first-order chi connectivity index (χ1) is 7.36. The van der Waals surface area contributed by atoms with Crippen molar-refractivity contribution in [1.82, 2.24) is 0 Å². The number of esters is 1. The van der Waals surface area contributed by atoms with Gasteiger partial charge in [-0.1, -0.05) is 37.0 Å². The number of halogens is 2. The molecule has 1 heterocycles. The summed E-state index contributed by atoms with van der Waals surface area (Å²) in [7, 11) is 1.34. The van der Waals surface area contributed by atoms with E-state index in [0.29, 0.717) is 16.4 Å². The lowest BCUT2D eigenvalue weighted by atomic mass is 9.80. The Bertz CT molecular complexity index is 369. The number of hydrogen-bond acceptors (Lipinski definition) is 3. The minimum absolute atomic E-state index is 0.366. The Morgan fingerprint density at radius 2 is 2.12 bits per heavy atom. The number of allylic oxidation sites excluding steroid dienone is 1. The average Bonchev–Trinajstić information content (AvgIpc) is 2.47. The van der Waals surface area contributed by atoms with E-state index in [1.807, 2.05) is 13.8 Å². The molecule has 0 aromatic carbocycles. The van der Waals surface area contributed by atoms with E-state index in [4.69, 9.17) is 32.7 Å². The van der Waals surface area contributed by atoms with Crippen molar-refractivity contribution in [2.75, 3.05) is 7.11 Å². The zero-order valence-corrected chi connectivity index (χ0v) is 11.1. The summed E-state index contributed by atoms with van der Waals surface area (Å²) in [6.07, 6.45) is -0.444. The maximum absolute atomic E-state index is 11.6. The first-order valence-electron chi connectivity index (χ1n) is 4.78. The highest BCUT2D eigenvalue weighted by Gasteiger charge is 2.47. The Kier molecular flexibility index (Phi) is 3.92. The predicted octanol–water partition coefficient (Wildman–Crippen LogP) is 3.18. The molecular formula is C11H14Cl2O3. The molecule has 0 bridgehead atoms. The van der Waals surface area contributed by atoms with Gasteiger partial charge in [0, 0.05) is 11.0 Å². The fourth-order valence-electron chi connectivity index (χ4n) is 1.93. The van der Waals surface area contributed by atoms with E-state index in [2.05, 4.69) is 0 Å². The Morgan fingerprint density at radius 3 is 2.56 bits per heavy atom. The summed E-state index contributed by atoms with van der Waals surface area (Å²) in [4.78, 5) is 11.6. The summed E-state index contributed by atoms with van der Waals surface area (Å²) in [6, 6.07) is 0.